The van der Waals surface area contributed by atoms with Gasteiger partial charge in [0.15, 0.2) is 0 Å². The smallest absolute Gasteiger partial charge is 0.251 e. The molecule has 3 amide bonds. The number of nitrogens with zero attached hydrogens (tertiary/aromatic N) is 1. The number of nitrogens with one attached hydrogen (secondary N) is 3. The average Bonchev–Trinajstić information content (AvgIpc) is 2.75. The van der Waals surface area contributed by atoms with E-state index in [1.807, 2.05) is 24.3 Å². The Kier molecular flexibility index (Phi) is 8.41. The van der Waals surface area contributed by atoms with E-state index in [1.165, 1.54) is 0 Å². The number of rotatable bonds is 10. The van der Waals surface area contributed by atoms with Crippen molar-refractivity contribution in [1.29, 1.82) is 0 Å². The molecule has 2 aliphatic heterocycles. The predicted molar refractivity (Wildman–Crippen MR) is 119 cm³/mol. The van der Waals surface area contributed by atoms with Crippen molar-refractivity contribution in [2.45, 2.75) is 69.8 Å². The molecule has 176 valence electrons. The van der Waals surface area contributed by atoms with E-state index < -0.39 is 12.0 Å². The van der Waals surface area contributed by atoms with Crippen molar-refractivity contribution >= 4 is 29.1 Å². The van der Waals surface area contributed by atoms with Gasteiger partial charge in [-0.15, -0.1) is 0 Å². The first kappa shape index (κ1) is 23.9. The zero-order chi connectivity index (χ0) is 23.0. The maximum Gasteiger partial charge on any atom is 0.251 e. The van der Waals surface area contributed by atoms with Gasteiger partial charge < -0.3 is 15.5 Å². The van der Waals surface area contributed by atoms with Crippen molar-refractivity contribution in [2.24, 2.45) is 0 Å². The number of hydrogen-bond donors (Lipinski definition) is 3. The molecule has 0 radical (unpaired) electrons. The Bertz CT molecular complexity index is 808. The van der Waals surface area contributed by atoms with Crippen LogP contribution in [0.15, 0.2) is 24.3 Å². The molecule has 0 bridgehead atoms. The van der Waals surface area contributed by atoms with Gasteiger partial charge in [0.2, 0.25) is 17.7 Å². The normalized spacial score (nSPS) is 20.6. The van der Waals surface area contributed by atoms with Crippen LogP contribution in [0, 0.1) is 0 Å². The lowest BCUT2D eigenvalue weighted by Gasteiger charge is -2.31. The van der Waals surface area contributed by atoms with E-state index in [0.717, 1.165) is 43.6 Å². The summed E-state index contributed by atoms with van der Waals surface area (Å²) in [6.45, 7) is 1.11. The lowest BCUT2D eigenvalue weighted by atomic mass is 10.1. The highest BCUT2D eigenvalue weighted by Gasteiger charge is 2.35. The number of imide groups is 1. The Morgan fingerprint density at radius 2 is 1.81 bits per heavy atom. The van der Waals surface area contributed by atoms with Crippen LogP contribution in [0.25, 0.3) is 0 Å². The average molecular weight is 451 g/mol. The fourth-order valence-electron chi connectivity index (χ4n) is 3.98. The zero-order valence-corrected chi connectivity index (χ0v) is 18.3. The van der Waals surface area contributed by atoms with Gasteiger partial charge >= 0.3 is 0 Å². The van der Waals surface area contributed by atoms with Crippen LogP contribution in [0.3, 0.4) is 0 Å². The molecular weight excluding hydrogens is 418 g/mol. The summed E-state index contributed by atoms with van der Waals surface area (Å²) < 4.78 is 26.3. The zero-order valence-electron chi connectivity index (χ0n) is 18.3. The molecule has 2 heterocycles. The van der Waals surface area contributed by atoms with Gasteiger partial charge in [0.1, 0.15) is 6.04 Å². The maximum atomic E-state index is 13.2. The minimum Gasteiger partial charge on any atom is -0.385 e. The van der Waals surface area contributed by atoms with E-state index >= 15 is 0 Å². The van der Waals surface area contributed by atoms with Crippen LogP contribution in [-0.4, -0.2) is 54.2 Å². The van der Waals surface area contributed by atoms with E-state index in [-0.39, 0.29) is 43.7 Å². The van der Waals surface area contributed by atoms with E-state index in [9.17, 15) is 23.2 Å². The quantitative estimate of drug-likeness (QED) is 0.375. The largest absolute Gasteiger partial charge is 0.385 e. The number of amides is 3. The van der Waals surface area contributed by atoms with Crippen LogP contribution in [0.2, 0.25) is 0 Å². The number of halogens is 2. The van der Waals surface area contributed by atoms with E-state index in [1.54, 1.807) is 4.90 Å². The third-order valence-corrected chi connectivity index (χ3v) is 5.94. The third kappa shape index (κ3) is 7.46. The lowest BCUT2D eigenvalue weighted by Crippen LogP contribution is -2.47. The van der Waals surface area contributed by atoms with Crippen LogP contribution in [0.5, 0.6) is 0 Å². The third-order valence-electron chi connectivity index (χ3n) is 5.94. The van der Waals surface area contributed by atoms with Crippen LogP contribution < -0.4 is 16.0 Å². The van der Waals surface area contributed by atoms with Gasteiger partial charge in [0.05, 0.1) is 0 Å². The molecule has 1 aromatic carbocycles. The van der Waals surface area contributed by atoms with Crippen LogP contribution >= 0.6 is 0 Å². The van der Waals surface area contributed by atoms with Crippen molar-refractivity contribution in [2.75, 3.05) is 30.3 Å². The molecule has 0 saturated carbocycles. The molecule has 1 unspecified atom stereocenters. The molecule has 2 aliphatic rings. The molecule has 7 nitrogen and oxygen atoms in total. The summed E-state index contributed by atoms with van der Waals surface area (Å²) in [5, 5.41) is 8.87. The van der Waals surface area contributed by atoms with Gasteiger partial charge in [-0.05, 0) is 37.5 Å². The molecule has 3 N–H and O–H groups in total. The molecular formula is C23H32F2N4O3. The first-order valence-corrected chi connectivity index (χ1v) is 11.4. The van der Waals surface area contributed by atoms with Crippen molar-refractivity contribution in [3.63, 3.8) is 0 Å². The SMILES string of the molecule is O=C1CCC(Nc2cccc(NCCCCCCC(=O)N3CCC(F)(F)CC3)c2)C(=O)N1. The monoisotopic (exact) mass is 450 g/mol. The van der Waals surface area contributed by atoms with E-state index in [4.69, 9.17) is 0 Å². The number of carbonyl (C=O) groups excluding carboxylic acids is 3. The minimum atomic E-state index is -2.62. The fourth-order valence-corrected chi connectivity index (χ4v) is 3.98. The number of unbranched alkanes of at least 4 members (excludes halogenated alkanes) is 3. The van der Waals surface area contributed by atoms with Crippen LogP contribution in [0.1, 0.15) is 57.8 Å². The number of carbonyl (C=O) groups is 3. The number of likely N-dealkylation sites (tertiary alicyclic amines) is 1. The molecule has 0 spiro atoms. The highest BCUT2D eigenvalue weighted by atomic mass is 19.3. The Balaban J connectivity index is 1.27. The summed E-state index contributed by atoms with van der Waals surface area (Å²) in [6, 6.07) is 7.27. The number of benzene rings is 1. The van der Waals surface area contributed by atoms with Gasteiger partial charge in [0, 0.05) is 56.7 Å². The molecule has 9 heteroatoms. The Morgan fingerprint density at radius 1 is 1.09 bits per heavy atom. The number of alkyl halides is 2. The first-order chi connectivity index (χ1) is 15.3. The summed E-state index contributed by atoms with van der Waals surface area (Å²) in [6.07, 6.45) is 4.42. The minimum absolute atomic E-state index is 0.0149. The topological polar surface area (TPSA) is 90.5 Å². The van der Waals surface area contributed by atoms with E-state index in [0.29, 0.717) is 19.3 Å². The first-order valence-electron chi connectivity index (χ1n) is 11.4. The second kappa shape index (κ2) is 11.2. The highest BCUT2D eigenvalue weighted by molar-refractivity contribution is 6.01. The van der Waals surface area contributed by atoms with Crippen molar-refractivity contribution in [3.05, 3.63) is 24.3 Å². The molecule has 1 aromatic rings. The molecule has 0 aromatic heterocycles. The second-order valence-corrected chi connectivity index (χ2v) is 8.56. The van der Waals surface area contributed by atoms with Gasteiger partial charge in [-0.25, -0.2) is 8.78 Å². The Morgan fingerprint density at radius 3 is 2.56 bits per heavy atom. The predicted octanol–water partition coefficient (Wildman–Crippen LogP) is 3.52. The van der Waals surface area contributed by atoms with Gasteiger partial charge in [-0.1, -0.05) is 18.9 Å². The summed E-state index contributed by atoms with van der Waals surface area (Å²) in [5.74, 6) is -3.16. The highest BCUT2D eigenvalue weighted by Crippen LogP contribution is 2.28. The summed E-state index contributed by atoms with van der Waals surface area (Å²) in [5.41, 5.74) is 1.76. The Labute approximate surface area is 187 Å². The molecule has 2 fully saturated rings. The molecule has 3 rings (SSSR count). The molecule has 0 aliphatic carbocycles. The Hall–Kier alpha value is -2.71. The van der Waals surface area contributed by atoms with E-state index in [2.05, 4.69) is 16.0 Å². The number of anilines is 2. The number of piperidine rings is 2. The number of hydrogen-bond acceptors (Lipinski definition) is 5. The fraction of sp³-hybridized carbons (Fsp3) is 0.609. The molecule has 2 saturated heterocycles. The standard InChI is InChI=1S/C23H32F2N4O3/c24-23(25)11-14-29(15-12-23)21(31)8-3-1-2-4-13-26-17-6-5-7-18(16-17)27-19-9-10-20(30)28-22(19)32/h5-7,16,19,26-27H,1-4,8-15H2,(H,28,30,32). The van der Waals surface area contributed by atoms with Gasteiger partial charge in [-0.3, -0.25) is 19.7 Å². The van der Waals surface area contributed by atoms with Crippen LogP contribution in [0.4, 0.5) is 20.2 Å². The summed E-state index contributed by atoms with van der Waals surface area (Å²) in [7, 11) is 0. The van der Waals surface area contributed by atoms with Crippen molar-refractivity contribution in [1.82, 2.24) is 10.2 Å². The van der Waals surface area contributed by atoms with Gasteiger partial charge in [0.25, 0.3) is 5.92 Å². The summed E-state index contributed by atoms with van der Waals surface area (Å²) in [4.78, 5) is 36.8. The molecule has 32 heavy (non-hydrogen) atoms. The van der Waals surface area contributed by atoms with Gasteiger partial charge in [-0.2, -0.15) is 0 Å². The molecule has 1 atom stereocenters. The van der Waals surface area contributed by atoms with Crippen molar-refractivity contribution < 1.29 is 23.2 Å². The summed E-state index contributed by atoms with van der Waals surface area (Å²) >= 11 is 0. The van der Waals surface area contributed by atoms with Crippen LogP contribution in [-0.2, 0) is 14.4 Å². The van der Waals surface area contributed by atoms with Crippen molar-refractivity contribution in [3.8, 4) is 0 Å². The second-order valence-electron chi connectivity index (χ2n) is 8.56. The lowest BCUT2D eigenvalue weighted by molar-refractivity contribution is -0.137. The maximum absolute atomic E-state index is 13.2.